The summed E-state index contributed by atoms with van der Waals surface area (Å²) in [6.07, 6.45) is 1.80. The van der Waals surface area contributed by atoms with E-state index in [-0.39, 0.29) is 5.91 Å². The average Bonchev–Trinajstić information content (AvgIpc) is 3.10. The molecule has 0 bridgehead atoms. The molecule has 0 aromatic heterocycles. The lowest BCUT2D eigenvalue weighted by molar-refractivity contribution is -0.122. The third-order valence-corrected chi connectivity index (χ3v) is 7.32. The van der Waals surface area contributed by atoms with Crippen LogP contribution in [-0.4, -0.2) is 28.3 Å². The number of rotatable bonds is 9. The van der Waals surface area contributed by atoms with Gasteiger partial charge >= 0.3 is 0 Å². The van der Waals surface area contributed by atoms with Gasteiger partial charge < -0.3 is 9.47 Å². The molecule has 3 aromatic carbocycles. The number of amides is 1. The largest absolute Gasteiger partial charge is 0.490 e. The Morgan fingerprint density at radius 1 is 1.00 bits per heavy atom. The van der Waals surface area contributed by atoms with E-state index >= 15 is 0 Å². The van der Waals surface area contributed by atoms with E-state index < -0.39 is 0 Å². The summed E-state index contributed by atoms with van der Waals surface area (Å²) < 4.78 is 12.6. The average molecular weight is 538 g/mol. The quantitative estimate of drug-likeness (QED) is 0.159. The van der Waals surface area contributed by atoms with Crippen LogP contribution < -0.4 is 9.47 Å². The summed E-state index contributed by atoms with van der Waals surface area (Å²) in [7, 11) is 0. The number of halogens is 1. The molecule has 186 valence electrons. The molecule has 4 nitrogen and oxygen atoms in total. The van der Waals surface area contributed by atoms with Crippen molar-refractivity contribution in [3.8, 4) is 11.5 Å². The van der Waals surface area contributed by atoms with E-state index in [2.05, 4.69) is 39.0 Å². The summed E-state index contributed by atoms with van der Waals surface area (Å²) in [5.74, 6) is 1.76. The first-order valence-electron chi connectivity index (χ1n) is 11.8. The second-order valence-electron chi connectivity index (χ2n) is 8.83. The fraction of sp³-hybridized carbons (Fsp3) is 0.241. The molecule has 0 radical (unpaired) electrons. The maximum atomic E-state index is 13.1. The SMILES string of the molecule is Cc1ccc(C(C)C)c(OCCOc2ccc(Cl)cc2C=C2SC(=S)N(Cc3ccccc3)C2=O)c1. The van der Waals surface area contributed by atoms with Crippen LogP contribution in [-0.2, 0) is 11.3 Å². The summed E-state index contributed by atoms with van der Waals surface area (Å²) in [6.45, 7) is 7.53. The molecule has 36 heavy (non-hydrogen) atoms. The molecule has 0 N–H and O–H groups in total. The zero-order chi connectivity index (χ0) is 25.7. The lowest BCUT2D eigenvalue weighted by Crippen LogP contribution is -2.27. The second kappa shape index (κ2) is 12.0. The highest BCUT2D eigenvalue weighted by Gasteiger charge is 2.32. The van der Waals surface area contributed by atoms with Gasteiger partial charge in [-0.2, -0.15) is 0 Å². The molecule has 1 aliphatic heterocycles. The maximum Gasteiger partial charge on any atom is 0.266 e. The van der Waals surface area contributed by atoms with Crippen LogP contribution in [0.15, 0.2) is 71.6 Å². The summed E-state index contributed by atoms with van der Waals surface area (Å²) >= 11 is 13.0. The monoisotopic (exact) mass is 537 g/mol. The molecule has 1 amide bonds. The second-order valence-corrected chi connectivity index (χ2v) is 10.9. The molecular formula is C29H28ClNO3S2. The summed E-state index contributed by atoms with van der Waals surface area (Å²) in [5, 5.41) is 0.561. The number of aryl methyl sites for hydroxylation is 1. The van der Waals surface area contributed by atoms with Crippen molar-refractivity contribution in [1.82, 2.24) is 4.90 Å². The molecule has 0 atom stereocenters. The van der Waals surface area contributed by atoms with Gasteiger partial charge in [-0.05, 0) is 59.9 Å². The third-order valence-electron chi connectivity index (χ3n) is 5.71. The van der Waals surface area contributed by atoms with Crippen molar-refractivity contribution in [1.29, 1.82) is 0 Å². The van der Waals surface area contributed by atoms with Crippen molar-refractivity contribution in [2.24, 2.45) is 0 Å². The number of thiocarbonyl (C=S) groups is 1. The zero-order valence-electron chi connectivity index (χ0n) is 20.5. The van der Waals surface area contributed by atoms with Crippen molar-refractivity contribution in [3.05, 3.63) is 98.9 Å². The number of nitrogens with zero attached hydrogens (tertiary/aromatic N) is 1. The summed E-state index contributed by atoms with van der Waals surface area (Å²) in [5.41, 5.74) is 4.07. The Hall–Kier alpha value is -2.80. The number of ether oxygens (including phenoxy) is 2. The van der Waals surface area contributed by atoms with Gasteiger partial charge in [0.05, 0.1) is 11.4 Å². The third kappa shape index (κ3) is 6.49. The van der Waals surface area contributed by atoms with Gasteiger partial charge in [-0.25, -0.2) is 0 Å². The van der Waals surface area contributed by atoms with Crippen molar-refractivity contribution in [2.75, 3.05) is 13.2 Å². The zero-order valence-corrected chi connectivity index (χ0v) is 22.9. The van der Waals surface area contributed by atoms with E-state index in [0.717, 1.165) is 22.4 Å². The molecule has 1 fully saturated rings. The Balaban J connectivity index is 1.45. The predicted octanol–water partition coefficient (Wildman–Crippen LogP) is 7.63. The molecule has 0 saturated carbocycles. The van der Waals surface area contributed by atoms with Crippen molar-refractivity contribution < 1.29 is 14.3 Å². The number of hydrogen-bond donors (Lipinski definition) is 0. The highest BCUT2D eigenvalue weighted by atomic mass is 35.5. The summed E-state index contributed by atoms with van der Waals surface area (Å²) in [4.78, 5) is 15.3. The predicted molar refractivity (Wildman–Crippen MR) is 153 cm³/mol. The minimum Gasteiger partial charge on any atom is -0.490 e. The van der Waals surface area contributed by atoms with Crippen LogP contribution in [0.1, 0.15) is 42.0 Å². The Labute approximate surface area is 227 Å². The van der Waals surface area contributed by atoms with Crippen LogP contribution in [0.5, 0.6) is 11.5 Å². The first-order valence-corrected chi connectivity index (χ1v) is 13.4. The Bertz CT molecular complexity index is 1290. The summed E-state index contributed by atoms with van der Waals surface area (Å²) in [6, 6.07) is 21.4. The minimum absolute atomic E-state index is 0.122. The molecule has 3 aromatic rings. The van der Waals surface area contributed by atoms with Crippen molar-refractivity contribution >= 4 is 51.9 Å². The smallest absolute Gasteiger partial charge is 0.266 e. The van der Waals surface area contributed by atoms with Gasteiger partial charge in [0.25, 0.3) is 5.91 Å². The number of thioether (sulfide) groups is 1. The molecule has 7 heteroatoms. The molecule has 4 rings (SSSR count). The Morgan fingerprint density at radius 2 is 1.72 bits per heavy atom. The first-order chi connectivity index (χ1) is 17.3. The van der Waals surface area contributed by atoms with Gasteiger partial charge in [-0.15, -0.1) is 0 Å². The highest BCUT2D eigenvalue weighted by molar-refractivity contribution is 8.26. The minimum atomic E-state index is -0.122. The van der Waals surface area contributed by atoms with Crippen LogP contribution in [0.25, 0.3) is 6.08 Å². The van der Waals surface area contributed by atoms with Crippen LogP contribution in [0.2, 0.25) is 5.02 Å². The normalized spacial score (nSPS) is 14.7. The lowest BCUT2D eigenvalue weighted by atomic mass is 10.0. The van der Waals surface area contributed by atoms with Crippen LogP contribution in [0.3, 0.4) is 0 Å². The van der Waals surface area contributed by atoms with Crippen LogP contribution >= 0.6 is 35.6 Å². The number of carbonyl (C=O) groups excluding carboxylic acids is 1. The van der Waals surface area contributed by atoms with Crippen molar-refractivity contribution in [2.45, 2.75) is 33.2 Å². The standard InChI is InChI=1S/C29H28ClNO3S2/c1-19(2)24-11-9-20(3)15-26(24)34-14-13-33-25-12-10-23(30)16-22(25)17-27-28(32)31(29(35)36-27)18-21-7-5-4-6-8-21/h4-12,15-17,19H,13-14,18H2,1-3H3. The van der Waals surface area contributed by atoms with E-state index in [4.69, 9.17) is 33.3 Å². The van der Waals surface area contributed by atoms with Crippen LogP contribution in [0.4, 0.5) is 0 Å². The highest BCUT2D eigenvalue weighted by Crippen LogP contribution is 2.36. The number of benzene rings is 3. The van der Waals surface area contributed by atoms with Gasteiger partial charge in [0.2, 0.25) is 0 Å². The molecule has 0 spiro atoms. The molecule has 1 heterocycles. The lowest BCUT2D eigenvalue weighted by Gasteiger charge is -2.16. The molecule has 1 saturated heterocycles. The Morgan fingerprint density at radius 3 is 2.44 bits per heavy atom. The van der Waals surface area contributed by atoms with E-state index in [1.807, 2.05) is 36.4 Å². The fourth-order valence-electron chi connectivity index (χ4n) is 3.85. The number of hydrogen-bond acceptors (Lipinski definition) is 5. The van der Waals surface area contributed by atoms with E-state index in [9.17, 15) is 4.79 Å². The van der Waals surface area contributed by atoms with Crippen LogP contribution in [0, 0.1) is 6.92 Å². The molecule has 0 unspecified atom stereocenters. The van der Waals surface area contributed by atoms with E-state index in [1.165, 1.54) is 17.3 Å². The molecular weight excluding hydrogens is 510 g/mol. The van der Waals surface area contributed by atoms with E-state index in [1.54, 1.807) is 23.1 Å². The maximum absolute atomic E-state index is 13.1. The molecule has 0 aliphatic carbocycles. The van der Waals surface area contributed by atoms with Gasteiger partial charge in [0.1, 0.15) is 29.0 Å². The van der Waals surface area contributed by atoms with Gasteiger partial charge in [0.15, 0.2) is 0 Å². The van der Waals surface area contributed by atoms with Gasteiger partial charge in [-0.1, -0.05) is 91.9 Å². The van der Waals surface area contributed by atoms with Gasteiger partial charge in [0, 0.05) is 10.6 Å². The van der Waals surface area contributed by atoms with Gasteiger partial charge in [-0.3, -0.25) is 9.69 Å². The van der Waals surface area contributed by atoms with E-state index in [0.29, 0.717) is 45.7 Å². The fourth-order valence-corrected chi connectivity index (χ4v) is 5.28. The number of carbonyl (C=O) groups is 1. The molecule has 1 aliphatic rings. The Kier molecular flexibility index (Phi) is 8.72. The van der Waals surface area contributed by atoms with Crippen molar-refractivity contribution in [3.63, 3.8) is 0 Å². The topological polar surface area (TPSA) is 38.8 Å². The first kappa shape index (κ1) is 26.3.